The molecular formula is C11H14N2O4. The van der Waals surface area contributed by atoms with Gasteiger partial charge in [-0.2, -0.15) is 0 Å². The maximum atomic E-state index is 11.4. The number of nitrogens with zero attached hydrogens (tertiary/aromatic N) is 1. The molecule has 1 heterocycles. The lowest BCUT2D eigenvalue weighted by molar-refractivity contribution is -0.143. The number of ether oxygens (including phenoxy) is 1. The lowest BCUT2D eigenvalue weighted by Crippen LogP contribution is -2.30. The summed E-state index contributed by atoms with van der Waals surface area (Å²) in [6, 6.07) is 3.43. The van der Waals surface area contributed by atoms with Crippen LogP contribution in [-0.4, -0.2) is 35.2 Å². The number of pyridine rings is 1. The average molecular weight is 238 g/mol. The fourth-order valence-corrected chi connectivity index (χ4v) is 1.23. The van der Waals surface area contributed by atoms with Gasteiger partial charge in [-0.25, -0.2) is 4.79 Å². The Balaban J connectivity index is 2.34. The maximum Gasteiger partial charge on any atom is 0.329 e. The minimum Gasteiger partial charge on any atom is -0.480 e. The Labute approximate surface area is 98.6 Å². The van der Waals surface area contributed by atoms with Crippen LogP contribution in [0.15, 0.2) is 24.5 Å². The predicted molar refractivity (Wildman–Crippen MR) is 59.2 cm³/mol. The van der Waals surface area contributed by atoms with E-state index in [4.69, 9.17) is 5.11 Å². The van der Waals surface area contributed by atoms with Gasteiger partial charge in [-0.05, 0) is 18.6 Å². The fourth-order valence-electron chi connectivity index (χ4n) is 1.23. The van der Waals surface area contributed by atoms with E-state index >= 15 is 0 Å². The molecule has 0 aromatic carbocycles. The van der Waals surface area contributed by atoms with E-state index in [1.54, 1.807) is 18.5 Å². The molecule has 0 spiro atoms. The minimum atomic E-state index is -1.10. The molecule has 17 heavy (non-hydrogen) atoms. The van der Waals surface area contributed by atoms with Gasteiger partial charge >= 0.3 is 5.97 Å². The van der Waals surface area contributed by atoms with Crippen LogP contribution in [0.2, 0.25) is 0 Å². The molecule has 0 saturated carbocycles. The third kappa shape index (κ3) is 5.07. The fraction of sp³-hybridized carbons (Fsp3) is 0.364. The van der Waals surface area contributed by atoms with Crippen molar-refractivity contribution in [2.75, 3.05) is 13.2 Å². The Morgan fingerprint density at radius 3 is 2.88 bits per heavy atom. The molecule has 1 rings (SSSR count). The smallest absolute Gasteiger partial charge is 0.329 e. The van der Waals surface area contributed by atoms with Crippen LogP contribution in [0.3, 0.4) is 0 Å². The Hall–Kier alpha value is -1.95. The molecule has 0 aliphatic heterocycles. The Kier molecular flexibility index (Phi) is 5.09. The van der Waals surface area contributed by atoms with Gasteiger partial charge in [0.1, 0.15) is 13.2 Å². The van der Waals surface area contributed by atoms with Crippen LogP contribution in [0.4, 0.5) is 0 Å². The first kappa shape index (κ1) is 13.1. The van der Waals surface area contributed by atoms with Crippen molar-refractivity contribution in [2.45, 2.75) is 13.0 Å². The predicted octanol–water partition coefficient (Wildman–Crippen LogP) is 0.360. The summed E-state index contributed by atoms with van der Waals surface area (Å²) in [4.78, 5) is 25.5. The summed E-state index contributed by atoms with van der Waals surface area (Å²) in [5.74, 6) is -1.46. The lowest BCUT2D eigenvalue weighted by atomic mass is 10.1. The number of hydrogen-bond donors (Lipinski definition) is 2. The highest BCUT2D eigenvalue weighted by Gasteiger charge is 2.09. The Morgan fingerprint density at radius 1 is 1.53 bits per heavy atom. The Morgan fingerprint density at radius 2 is 2.29 bits per heavy atom. The second-order valence-corrected chi connectivity index (χ2v) is 3.46. The summed E-state index contributed by atoms with van der Waals surface area (Å²) in [6.07, 6.45) is 3.30. The molecule has 1 atom stereocenters. The van der Waals surface area contributed by atoms with Gasteiger partial charge in [-0.1, -0.05) is 6.07 Å². The number of carbonyl (C=O) groups excluding carboxylic acids is 1. The SMILES string of the molecule is C[C@@H](NC(=O)COCC(=O)O)c1cccnc1. The van der Waals surface area contributed by atoms with Crippen molar-refractivity contribution >= 4 is 11.9 Å². The van der Waals surface area contributed by atoms with E-state index in [1.807, 2.05) is 13.0 Å². The molecule has 2 N–H and O–H groups in total. The highest BCUT2D eigenvalue weighted by Crippen LogP contribution is 2.09. The van der Waals surface area contributed by atoms with Crippen LogP contribution in [0, 0.1) is 0 Å². The van der Waals surface area contributed by atoms with Crippen LogP contribution in [0.25, 0.3) is 0 Å². The van der Waals surface area contributed by atoms with Crippen LogP contribution in [0.5, 0.6) is 0 Å². The lowest BCUT2D eigenvalue weighted by Gasteiger charge is -2.13. The van der Waals surface area contributed by atoms with E-state index in [-0.39, 0.29) is 18.6 Å². The summed E-state index contributed by atoms with van der Waals surface area (Å²) in [5.41, 5.74) is 0.874. The molecule has 0 fully saturated rings. The summed E-state index contributed by atoms with van der Waals surface area (Å²) in [5, 5.41) is 11.0. The summed E-state index contributed by atoms with van der Waals surface area (Å²) >= 11 is 0. The normalized spacial score (nSPS) is 11.8. The molecule has 0 saturated heterocycles. The second kappa shape index (κ2) is 6.59. The molecule has 0 unspecified atom stereocenters. The molecule has 0 radical (unpaired) electrons. The molecule has 6 heteroatoms. The highest BCUT2D eigenvalue weighted by atomic mass is 16.5. The van der Waals surface area contributed by atoms with E-state index in [0.717, 1.165) is 5.56 Å². The largest absolute Gasteiger partial charge is 0.480 e. The molecular weight excluding hydrogens is 224 g/mol. The van der Waals surface area contributed by atoms with Gasteiger partial charge in [0, 0.05) is 12.4 Å². The first-order chi connectivity index (χ1) is 8.09. The third-order valence-corrected chi connectivity index (χ3v) is 2.02. The number of aliphatic carboxylic acids is 1. The van der Waals surface area contributed by atoms with Crippen molar-refractivity contribution in [3.8, 4) is 0 Å². The number of carbonyl (C=O) groups is 2. The van der Waals surface area contributed by atoms with Gasteiger partial charge < -0.3 is 15.2 Å². The monoisotopic (exact) mass is 238 g/mol. The summed E-state index contributed by atoms with van der Waals surface area (Å²) in [6.45, 7) is 1.07. The van der Waals surface area contributed by atoms with Crippen LogP contribution >= 0.6 is 0 Å². The zero-order valence-electron chi connectivity index (χ0n) is 9.42. The van der Waals surface area contributed by atoms with E-state index in [1.165, 1.54) is 0 Å². The zero-order chi connectivity index (χ0) is 12.7. The molecule has 1 aromatic heterocycles. The van der Waals surface area contributed by atoms with E-state index in [9.17, 15) is 9.59 Å². The standard InChI is InChI=1S/C11H14N2O4/c1-8(9-3-2-4-12-5-9)13-10(14)6-17-7-11(15)16/h2-5,8H,6-7H2,1H3,(H,13,14)(H,15,16)/t8-/m1/s1. The number of carboxylic acid groups (broad SMARTS) is 1. The van der Waals surface area contributed by atoms with Gasteiger partial charge in [0.2, 0.25) is 5.91 Å². The van der Waals surface area contributed by atoms with Gasteiger partial charge in [-0.3, -0.25) is 9.78 Å². The average Bonchev–Trinajstić information content (AvgIpc) is 2.29. The van der Waals surface area contributed by atoms with Crippen molar-refractivity contribution in [3.05, 3.63) is 30.1 Å². The van der Waals surface area contributed by atoms with E-state index < -0.39 is 12.6 Å². The minimum absolute atomic E-state index is 0.190. The van der Waals surface area contributed by atoms with E-state index in [0.29, 0.717) is 0 Å². The van der Waals surface area contributed by atoms with Crippen LogP contribution in [0.1, 0.15) is 18.5 Å². The maximum absolute atomic E-state index is 11.4. The van der Waals surface area contributed by atoms with Crippen molar-refractivity contribution in [1.82, 2.24) is 10.3 Å². The Bertz CT molecular complexity index is 380. The molecule has 6 nitrogen and oxygen atoms in total. The van der Waals surface area contributed by atoms with Gasteiger partial charge in [-0.15, -0.1) is 0 Å². The van der Waals surface area contributed by atoms with E-state index in [2.05, 4.69) is 15.0 Å². The van der Waals surface area contributed by atoms with Gasteiger partial charge in [0.05, 0.1) is 6.04 Å². The van der Waals surface area contributed by atoms with Crippen molar-refractivity contribution in [2.24, 2.45) is 0 Å². The molecule has 1 amide bonds. The second-order valence-electron chi connectivity index (χ2n) is 3.46. The first-order valence-electron chi connectivity index (χ1n) is 5.08. The third-order valence-electron chi connectivity index (χ3n) is 2.02. The number of aromatic nitrogens is 1. The first-order valence-corrected chi connectivity index (χ1v) is 5.08. The molecule has 0 aliphatic carbocycles. The molecule has 0 aliphatic rings. The summed E-state index contributed by atoms with van der Waals surface area (Å²) < 4.78 is 4.67. The number of rotatable bonds is 6. The number of amides is 1. The van der Waals surface area contributed by atoms with Crippen molar-refractivity contribution in [1.29, 1.82) is 0 Å². The zero-order valence-corrected chi connectivity index (χ0v) is 9.42. The van der Waals surface area contributed by atoms with Crippen LogP contribution < -0.4 is 5.32 Å². The van der Waals surface area contributed by atoms with Gasteiger partial charge in [0.15, 0.2) is 0 Å². The number of carboxylic acids is 1. The highest BCUT2D eigenvalue weighted by molar-refractivity contribution is 5.78. The number of hydrogen-bond acceptors (Lipinski definition) is 4. The molecule has 0 bridgehead atoms. The molecule has 1 aromatic rings. The summed E-state index contributed by atoms with van der Waals surface area (Å²) in [7, 11) is 0. The van der Waals surface area contributed by atoms with Gasteiger partial charge in [0.25, 0.3) is 0 Å². The quantitative estimate of drug-likeness (QED) is 0.747. The molecule has 92 valence electrons. The van der Waals surface area contributed by atoms with Crippen molar-refractivity contribution in [3.63, 3.8) is 0 Å². The van der Waals surface area contributed by atoms with Crippen LogP contribution in [-0.2, 0) is 14.3 Å². The van der Waals surface area contributed by atoms with Crippen molar-refractivity contribution < 1.29 is 19.4 Å². The number of nitrogens with one attached hydrogen (secondary N) is 1. The topological polar surface area (TPSA) is 88.5 Å².